The standard InChI is InChI=1S/C29H17N/c1-2-7-18-14-24-19(12-17(18)6-1)13-20-15-28-26(16-25(20)24)23-10-5-9-22-21-8-3-4-11-27(21)30(28)29(22)23/h1-12,14-16H,13H2. The van der Waals surface area contributed by atoms with Crippen molar-refractivity contribution in [1.82, 2.24) is 4.40 Å². The lowest BCUT2D eigenvalue weighted by Crippen LogP contribution is -1.84. The summed E-state index contributed by atoms with van der Waals surface area (Å²) in [5, 5.41) is 8.07. The predicted octanol–water partition coefficient (Wildman–Crippen LogP) is 7.56. The lowest BCUT2D eigenvalue weighted by Gasteiger charge is -2.05. The van der Waals surface area contributed by atoms with Crippen LogP contribution in [0.2, 0.25) is 0 Å². The second kappa shape index (κ2) is 5.01. The van der Waals surface area contributed by atoms with E-state index in [1.54, 1.807) is 0 Å². The predicted molar refractivity (Wildman–Crippen MR) is 127 cm³/mol. The Labute approximate surface area is 173 Å². The molecule has 0 unspecified atom stereocenters. The number of rotatable bonds is 0. The van der Waals surface area contributed by atoms with Gasteiger partial charge in [0.2, 0.25) is 0 Å². The van der Waals surface area contributed by atoms with Crippen molar-refractivity contribution in [3.63, 3.8) is 0 Å². The zero-order valence-electron chi connectivity index (χ0n) is 16.3. The van der Waals surface area contributed by atoms with Gasteiger partial charge in [0, 0.05) is 21.5 Å². The summed E-state index contributed by atoms with van der Waals surface area (Å²) < 4.78 is 2.48. The molecule has 2 heterocycles. The SMILES string of the molecule is c1ccc2cc3c(cc2c1)Cc1cc2c(cc1-3)c1cccc3c4ccccc4n2c31. The number of hydrogen-bond donors (Lipinski definition) is 0. The van der Waals surface area contributed by atoms with Gasteiger partial charge in [0.05, 0.1) is 16.6 Å². The van der Waals surface area contributed by atoms with Crippen LogP contribution in [-0.2, 0) is 6.42 Å². The molecule has 0 saturated carbocycles. The average Bonchev–Trinajstić information content (AvgIpc) is 3.42. The topological polar surface area (TPSA) is 4.41 Å². The van der Waals surface area contributed by atoms with Crippen molar-refractivity contribution in [3.05, 3.63) is 102 Å². The van der Waals surface area contributed by atoms with Crippen LogP contribution >= 0.6 is 0 Å². The van der Waals surface area contributed by atoms with E-state index in [9.17, 15) is 0 Å². The molecular weight excluding hydrogens is 362 g/mol. The monoisotopic (exact) mass is 379 g/mol. The van der Waals surface area contributed by atoms with Crippen LogP contribution < -0.4 is 0 Å². The van der Waals surface area contributed by atoms with Crippen LogP contribution in [0.15, 0.2) is 91.0 Å². The first-order chi connectivity index (χ1) is 14.9. The molecule has 0 N–H and O–H groups in total. The van der Waals surface area contributed by atoms with E-state index in [2.05, 4.69) is 95.4 Å². The van der Waals surface area contributed by atoms with E-state index in [0.29, 0.717) is 0 Å². The number of fused-ring (bicyclic) bond motifs is 10. The van der Waals surface area contributed by atoms with Crippen LogP contribution in [0.3, 0.4) is 0 Å². The van der Waals surface area contributed by atoms with Crippen LogP contribution in [0.25, 0.3) is 60.0 Å². The molecule has 7 aromatic rings. The third-order valence-electron chi connectivity index (χ3n) is 7.09. The average molecular weight is 379 g/mol. The number of hydrogen-bond acceptors (Lipinski definition) is 0. The zero-order chi connectivity index (χ0) is 19.4. The molecule has 1 aliphatic carbocycles. The van der Waals surface area contributed by atoms with Gasteiger partial charge in [-0.05, 0) is 63.7 Å². The fraction of sp³-hybridized carbons (Fsp3) is 0.0345. The lowest BCUT2D eigenvalue weighted by atomic mass is 9.99. The second-order valence-corrected chi connectivity index (χ2v) is 8.61. The van der Waals surface area contributed by atoms with E-state index in [0.717, 1.165) is 6.42 Å². The molecule has 2 aromatic heterocycles. The summed E-state index contributed by atoms with van der Waals surface area (Å²) in [6, 6.07) is 33.9. The van der Waals surface area contributed by atoms with Crippen LogP contribution in [0.5, 0.6) is 0 Å². The maximum Gasteiger partial charge on any atom is 0.0620 e. The van der Waals surface area contributed by atoms with Gasteiger partial charge in [-0.2, -0.15) is 0 Å². The first kappa shape index (κ1) is 15.1. The molecule has 1 aliphatic rings. The largest absolute Gasteiger partial charge is 0.308 e. The van der Waals surface area contributed by atoms with Gasteiger partial charge in [0.25, 0.3) is 0 Å². The molecule has 0 amide bonds. The van der Waals surface area contributed by atoms with E-state index < -0.39 is 0 Å². The highest BCUT2D eigenvalue weighted by molar-refractivity contribution is 6.23. The molecule has 0 saturated heterocycles. The molecule has 0 atom stereocenters. The second-order valence-electron chi connectivity index (χ2n) is 8.61. The Balaban J connectivity index is 1.54. The Morgan fingerprint density at radius 2 is 1.17 bits per heavy atom. The van der Waals surface area contributed by atoms with E-state index in [1.165, 1.54) is 71.1 Å². The van der Waals surface area contributed by atoms with Gasteiger partial charge in [-0.3, -0.25) is 0 Å². The Morgan fingerprint density at radius 3 is 2.07 bits per heavy atom. The first-order valence-electron chi connectivity index (χ1n) is 10.6. The van der Waals surface area contributed by atoms with Crippen LogP contribution in [-0.4, -0.2) is 4.40 Å². The highest BCUT2D eigenvalue weighted by atomic mass is 14.9. The van der Waals surface area contributed by atoms with Gasteiger partial charge < -0.3 is 4.40 Å². The van der Waals surface area contributed by atoms with Crippen molar-refractivity contribution in [2.45, 2.75) is 6.42 Å². The van der Waals surface area contributed by atoms with Crippen molar-refractivity contribution in [1.29, 1.82) is 0 Å². The van der Waals surface area contributed by atoms with Crippen LogP contribution in [0.4, 0.5) is 0 Å². The molecule has 0 radical (unpaired) electrons. The zero-order valence-corrected chi connectivity index (χ0v) is 16.3. The van der Waals surface area contributed by atoms with E-state index in [-0.39, 0.29) is 0 Å². The molecule has 138 valence electrons. The van der Waals surface area contributed by atoms with E-state index >= 15 is 0 Å². The highest BCUT2D eigenvalue weighted by Crippen LogP contribution is 2.45. The number of benzene rings is 5. The Morgan fingerprint density at radius 1 is 0.500 bits per heavy atom. The van der Waals surface area contributed by atoms with Gasteiger partial charge in [0.15, 0.2) is 0 Å². The molecule has 0 bridgehead atoms. The summed E-state index contributed by atoms with van der Waals surface area (Å²) in [5.41, 5.74) is 9.69. The summed E-state index contributed by atoms with van der Waals surface area (Å²) in [5.74, 6) is 0. The minimum Gasteiger partial charge on any atom is -0.308 e. The molecule has 30 heavy (non-hydrogen) atoms. The quantitative estimate of drug-likeness (QED) is 0.256. The molecular formula is C29H17N. The summed E-state index contributed by atoms with van der Waals surface area (Å²) in [4.78, 5) is 0. The van der Waals surface area contributed by atoms with Gasteiger partial charge in [-0.1, -0.05) is 66.7 Å². The van der Waals surface area contributed by atoms with Gasteiger partial charge >= 0.3 is 0 Å². The van der Waals surface area contributed by atoms with Gasteiger partial charge in [0.1, 0.15) is 0 Å². The number of aromatic nitrogens is 1. The van der Waals surface area contributed by atoms with E-state index in [1.807, 2.05) is 0 Å². The maximum absolute atomic E-state index is 2.48. The molecule has 1 nitrogen and oxygen atoms in total. The minimum atomic E-state index is 1.02. The minimum absolute atomic E-state index is 1.02. The summed E-state index contributed by atoms with van der Waals surface area (Å²) in [7, 11) is 0. The summed E-state index contributed by atoms with van der Waals surface area (Å²) in [6.07, 6.45) is 1.02. The summed E-state index contributed by atoms with van der Waals surface area (Å²) >= 11 is 0. The summed E-state index contributed by atoms with van der Waals surface area (Å²) in [6.45, 7) is 0. The Hall–Kier alpha value is -3.84. The lowest BCUT2D eigenvalue weighted by molar-refractivity contribution is 1.26. The smallest absolute Gasteiger partial charge is 0.0620 e. The van der Waals surface area contributed by atoms with Crippen molar-refractivity contribution < 1.29 is 0 Å². The first-order valence-corrected chi connectivity index (χ1v) is 10.6. The molecule has 8 rings (SSSR count). The fourth-order valence-electron chi connectivity index (χ4n) is 5.80. The van der Waals surface area contributed by atoms with Crippen molar-refractivity contribution in [3.8, 4) is 11.1 Å². The molecule has 5 aromatic carbocycles. The van der Waals surface area contributed by atoms with E-state index in [4.69, 9.17) is 0 Å². The molecule has 0 fully saturated rings. The van der Waals surface area contributed by atoms with Crippen LogP contribution in [0.1, 0.15) is 11.1 Å². The number of nitrogens with zero attached hydrogens (tertiary/aromatic N) is 1. The van der Waals surface area contributed by atoms with Gasteiger partial charge in [-0.15, -0.1) is 0 Å². The highest BCUT2D eigenvalue weighted by Gasteiger charge is 2.23. The Bertz CT molecular complexity index is 1820. The normalized spacial score (nSPS) is 13.2. The van der Waals surface area contributed by atoms with Crippen LogP contribution in [0, 0.1) is 0 Å². The van der Waals surface area contributed by atoms with Crippen molar-refractivity contribution >= 4 is 48.9 Å². The molecule has 0 aliphatic heterocycles. The third kappa shape index (κ3) is 1.67. The van der Waals surface area contributed by atoms with Gasteiger partial charge in [-0.25, -0.2) is 0 Å². The van der Waals surface area contributed by atoms with Crippen molar-refractivity contribution in [2.75, 3.05) is 0 Å². The third-order valence-corrected chi connectivity index (χ3v) is 7.09. The maximum atomic E-state index is 2.48. The fourth-order valence-corrected chi connectivity index (χ4v) is 5.80. The molecule has 1 heteroatoms. The van der Waals surface area contributed by atoms with Crippen molar-refractivity contribution in [2.24, 2.45) is 0 Å². The number of para-hydroxylation sites is 2. The Kier molecular flexibility index (Phi) is 2.51. The molecule has 0 spiro atoms.